The molecule has 0 saturated heterocycles. The van der Waals surface area contributed by atoms with E-state index in [-0.39, 0.29) is 11.5 Å². The summed E-state index contributed by atoms with van der Waals surface area (Å²) in [6, 6.07) is 5.33. The van der Waals surface area contributed by atoms with Crippen LogP contribution in [-0.2, 0) is 0 Å². The maximum Gasteiger partial charge on any atom is 0.356 e. The van der Waals surface area contributed by atoms with Crippen molar-refractivity contribution in [1.82, 2.24) is 20.0 Å². The third-order valence-corrected chi connectivity index (χ3v) is 1.79. The molecule has 7 heteroatoms. The number of aromatic carboxylic acids is 1. The molecule has 2 rings (SSSR count). The van der Waals surface area contributed by atoms with Crippen LogP contribution in [0.15, 0.2) is 35.3 Å². The smallest absolute Gasteiger partial charge is 0.356 e. The van der Waals surface area contributed by atoms with Crippen molar-refractivity contribution in [3.05, 3.63) is 46.5 Å². The minimum atomic E-state index is -1.21. The Labute approximate surface area is 89.0 Å². The van der Waals surface area contributed by atoms with Crippen LogP contribution in [0.2, 0.25) is 0 Å². The summed E-state index contributed by atoms with van der Waals surface area (Å²) in [5.41, 5.74) is -0.698. The summed E-state index contributed by atoms with van der Waals surface area (Å²) < 4.78 is 0.885. The molecule has 0 aromatic carbocycles. The molecular weight excluding hydrogens is 212 g/mol. The first-order valence-electron chi connectivity index (χ1n) is 4.30. The lowest BCUT2D eigenvalue weighted by Gasteiger charge is -2.02. The number of hydrogen-bond acceptors (Lipinski definition) is 5. The van der Waals surface area contributed by atoms with Gasteiger partial charge in [0.15, 0.2) is 11.5 Å². The summed E-state index contributed by atoms with van der Waals surface area (Å²) in [6.07, 6.45) is 1.44. The standard InChI is InChI=1S/C9H6N4O3/c14-8-4-3-6(9(15)16)12-13(8)7-2-1-5-10-11-7/h1-5H,(H,15,16). The van der Waals surface area contributed by atoms with E-state index in [0.29, 0.717) is 0 Å². The van der Waals surface area contributed by atoms with Gasteiger partial charge in [-0.1, -0.05) is 0 Å². The average molecular weight is 218 g/mol. The highest BCUT2D eigenvalue weighted by Gasteiger charge is 2.08. The first-order valence-corrected chi connectivity index (χ1v) is 4.30. The van der Waals surface area contributed by atoms with Gasteiger partial charge in [0, 0.05) is 12.3 Å². The summed E-state index contributed by atoms with van der Waals surface area (Å²) in [5.74, 6) is -1.03. The summed E-state index contributed by atoms with van der Waals surface area (Å²) in [6.45, 7) is 0. The van der Waals surface area contributed by atoms with Gasteiger partial charge >= 0.3 is 5.97 Å². The molecular formula is C9H6N4O3. The molecule has 80 valence electrons. The lowest BCUT2D eigenvalue weighted by molar-refractivity contribution is 0.0688. The molecule has 0 aliphatic carbocycles. The Hall–Kier alpha value is -2.57. The van der Waals surface area contributed by atoms with E-state index in [1.807, 2.05) is 0 Å². The van der Waals surface area contributed by atoms with Gasteiger partial charge < -0.3 is 5.11 Å². The summed E-state index contributed by atoms with van der Waals surface area (Å²) in [5, 5.41) is 19.6. The van der Waals surface area contributed by atoms with Crippen molar-refractivity contribution in [2.75, 3.05) is 0 Å². The Kier molecular flexibility index (Phi) is 2.42. The average Bonchev–Trinajstić information content (AvgIpc) is 2.30. The lowest BCUT2D eigenvalue weighted by atomic mass is 10.4. The van der Waals surface area contributed by atoms with Crippen molar-refractivity contribution in [3.8, 4) is 5.82 Å². The van der Waals surface area contributed by atoms with Crippen molar-refractivity contribution in [2.45, 2.75) is 0 Å². The van der Waals surface area contributed by atoms with Crippen LogP contribution in [-0.4, -0.2) is 31.1 Å². The molecule has 0 aliphatic heterocycles. The van der Waals surface area contributed by atoms with E-state index < -0.39 is 11.5 Å². The quantitative estimate of drug-likeness (QED) is 0.744. The van der Waals surface area contributed by atoms with Gasteiger partial charge in [-0.2, -0.15) is 14.9 Å². The Morgan fingerprint density at radius 2 is 2.12 bits per heavy atom. The second-order valence-electron chi connectivity index (χ2n) is 2.86. The fraction of sp³-hybridized carbons (Fsp3) is 0. The molecule has 7 nitrogen and oxygen atoms in total. The third kappa shape index (κ3) is 1.78. The van der Waals surface area contributed by atoms with Crippen LogP contribution in [0.3, 0.4) is 0 Å². The molecule has 0 atom stereocenters. The minimum absolute atomic E-state index is 0.176. The van der Waals surface area contributed by atoms with Gasteiger partial charge in [0.05, 0.1) is 0 Å². The van der Waals surface area contributed by atoms with Crippen molar-refractivity contribution in [2.24, 2.45) is 0 Å². The minimum Gasteiger partial charge on any atom is -0.476 e. The van der Waals surface area contributed by atoms with E-state index in [1.165, 1.54) is 12.3 Å². The molecule has 0 fully saturated rings. The first kappa shape index (κ1) is 9.97. The highest BCUT2D eigenvalue weighted by Crippen LogP contribution is 1.97. The van der Waals surface area contributed by atoms with E-state index in [0.717, 1.165) is 16.8 Å². The van der Waals surface area contributed by atoms with Crippen molar-refractivity contribution in [1.29, 1.82) is 0 Å². The van der Waals surface area contributed by atoms with Crippen LogP contribution in [0, 0.1) is 0 Å². The summed E-state index contributed by atoms with van der Waals surface area (Å²) >= 11 is 0. The van der Waals surface area contributed by atoms with E-state index in [4.69, 9.17) is 5.11 Å². The molecule has 0 radical (unpaired) electrons. The van der Waals surface area contributed by atoms with Gasteiger partial charge in [-0.15, -0.1) is 5.10 Å². The van der Waals surface area contributed by atoms with Crippen LogP contribution in [0.4, 0.5) is 0 Å². The van der Waals surface area contributed by atoms with E-state index in [9.17, 15) is 9.59 Å². The Bertz CT molecular complexity index is 579. The predicted molar refractivity (Wildman–Crippen MR) is 52.4 cm³/mol. The molecule has 2 aromatic heterocycles. The number of nitrogens with zero attached hydrogens (tertiary/aromatic N) is 4. The Morgan fingerprint density at radius 3 is 2.75 bits per heavy atom. The number of carboxylic acid groups (broad SMARTS) is 1. The highest BCUT2D eigenvalue weighted by molar-refractivity contribution is 5.84. The van der Waals surface area contributed by atoms with Crippen LogP contribution in [0.5, 0.6) is 0 Å². The monoisotopic (exact) mass is 218 g/mol. The zero-order valence-electron chi connectivity index (χ0n) is 7.94. The topological polar surface area (TPSA) is 98.0 Å². The Morgan fingerprint density at radius 1 is 1.31 bits per heavy atom. The molecule has 1 N–H and O–H groups in total. The maximum atomic E-state index is 11.4. The first-order chi connectivity index (χ1) is 7.68. The van der Waals surface area contributed by atoms with Gasteiger partial charge in [0.1, 0.15) is 0 Å². The van der Waals surface area contributed by atoms with Gasteiger partial charge in [-0.05, 0) is 18.2 Å². The number of carbonyl (C=O) groups is 1. The molecule has 2 heterocycles. The molecule has 2 aromatic rings. The van der Waals surface area contributed by atoms with Crippen molar-refractivity contribution in [3.63, 3.8) is 0 Å². The van der Waals surface area contributed by atoms with Crippen LogP contribution < -0.4 is 5.56 Å². The van der Waals surface area contributed by atoms with Crippen molar-refractivity contribution < 1.29 is 9.90 Å². The van der Waals surface area contributed by atoms with E-state index >= 15 is 0 Å². The van der Waals surface area contributed by atoms with E-state index in [2.05, 4.69) is 15.3 Å². The summed E-state index contributed by atoms with van der Waals surface area (Å²) in [4.78, 5) is 22.1. The lowest BCUT2D eigenvalue weighted by Crippen LogP contribution is -2.23. The van der Waals surface area contributed by atoms with Crippen LogP contribution in [0.1, 0.15) is 10.5 Å². The SMILES string of the molecule is O=C(O)c1ccc(=O)n(-c2cccnn2)n1. The molecule has 0 amide bonds. The number of aromatic nitrogens is 4. The predicted octanol–water partition coefficient (Wildman–Crippen LogP) is -0.279. The van der Waals surface area contributed by atoms with Crippen LogP contribution in [0.25, 0.3) is 5.82 Å². The fourth-order valence-corrected chi connectivity index (χ4v) is 1.10. The molecule has 0 bridgehead atoms. The maximum absolute atomic E-state index is 11.4. The van der Waals surface area contributed by atoms with E-state index in [1.54, 1.807) is 6.07 Å². The third-order valence-electron chi connectivity index (χ3n) is 1.79. The molecule has 16 heavy (non-hydrogen) atoms. The summed E-state index contributed by atoms with van der Waals surface area (Å²) in [7, 11) is 0. The molecule has 0 saturated carbocycles. The number of hydrogen-bond donors (Lipinski definition) is 1. The Balaban J connectivity index is 2.61. The van der Waals surface area contributed by atoms with Crippen LogP contribution >= 0.6 is 0 Å². The van der Waals surface area contributed by atoms with Gasteiger partial charge in [0.2, 0.25) is 0 Å². The molecule has 0 unspecified atom stereocenters. The molecule has 0 spiro atoms. The van der Waals surface area contributed by atoms with Gasteiger partial charge in [-0.3, -0.25) is 4.79 Å². The van der Waals surface area contributed by atoms with Gasteiger partial charge in [0.25, 0.3) is 5.56 Å². The van der Waals surface area contributed by atoms with Gasteiger partial charge in [-0.25, -0.2) is 4.79 Å². The number of rotatable bonds is 2. The normalized spacial score (nSPS) is 10.0. The fourth-order valence-electron chi connectivity index (χ4n) is 1.10. The number of carboxylic acids is 1. The zero-order chi connectivity index (χ0) is 11.5. The van der Waals surface area contributed by atoms with Crippen molar-refractivity contribution >= 4 is 5.97 Å². The highest BCUT2D eigenvalue weighted by atomic mass is 16.4. The second kappa shape index (κ2) is 3.89. The zero-order valence-corrected chi connectivity index (χ0v) is 7.94. The molecule has 0 aliphatic rings. The largest absolute Gasteiger partial charge is 0.476 e. The second-order valence-corrected chi connectivity index (χ2v) is 2.86.